The zero-order chi connectivity index (χ0) is 10.4. The number of H-pyrrole nitrogens is 1. The fraction of sp³-hybridized carbons (Fsp3) is 0.417. The second-order valence-corrected chi connectivity index (χ2v) is 4.36. The molecule has 0 spiro atoms. The Morgan fingerprint density at radius 3 is 2.87 bits per heavy atom. The Kier molecular flexibility index (Phi) is 1.75. The molecule has 1 fully saturated rings. The Bertz CT molecular complexity index is 560. The molecule has 1 aromatic heterocycles. The van der Waals surface area contributed by atoms with E-state index < -0.39 is 0 Å². The number of fused-ring (bicyclic) bond motifs is 1. The summed E-state index contributed by atoms with van der Waals surface area (Å²) < 4.78 is 1.94. The number of hydrogen-bond acceptors (Lipinski definition) is 1. The molecule has 1 saturated carbocycles. The van der Waals surface area contributed by atoms with Crippen LogP contribution in [0.3, 0.4) is 0 Å². The van der Waals surface area contributed by atoms with Gasteiger partial charge in [0.25, 0.3) is 0 Å². The van der Waals surface area contributed by atoms with Crippen LogP contribution >= 0.6 is 0 Å². The summed E-state index contributed by atoms with van der Waals surface area (Å²) in [6, 6.07) is 6.44. The molecular formula is C12H14N2O. The van der Waals surface area contributed by atoms with Crippen LogP contribution in [0.4, 0.5) is 0 Å². The smallest absolute Gasteiger partial charge is 0.306 e. The first-order valence-electron chi connectivity index (χ1n) is 5.47. The molecule has 1 aromatic carbocycles. The lowest BCUT2D eigenvalue weighted by atomic mass is 9.92. The first-order chi connectivity index (χ1) is 7.27. The van der Waals surface area contributed by atoms with Crippen molar-refractivity contribution >= 4 is 11.0 Å². The monoisotopic (exact) mass is 202 g/mol. The standard InChI is InChI=1S/C12H14N2O/c1-8-4-2-7-10-11(8)14(12(15)13-10)9-5-3-6-9/h2,4,7,9H,3,5-6H2,1H3,(H,13,15). The van der Waals surface area contributed by atoms with Crippen LogP contribution in [0.2, 0.25) is 0 Å². The van der Waals surface area contributed by atoms with Gasteiger partial charge in [-0.05, 0) is 37.8 Å². The highest BCUT2D eigenvalue weighted by Crippen LogP contribution is 2.33. The lowest BCUT2D eigenvalue weighted by Gasteiger charge is -2.26. The molecule has 1 aliphatic carbocycles. The molecule has 0 aliphatic heterocycles. The Balaban J connectivity index is 2.35. The zero-order valence-corrected chi connectivity index (χ0v) is 8.79. The highest BCUT2D eigenvalue weighted by atomic mass is 16.1. The number of aromatic amines is 1. The van der Waals surface area contributed by atoms with Crippen LogP contribution in [-0.2, 0) is 0 Å². The van der Waals surface area contributed by atoms with Crippen molar-refractivity contribution in [2.45, 2.75) is 32.2 Å². The van der Waals surface area contributed by atoms with Gasteiger partial charge in [0, 0.05) is 6.04 Å². The average Bonchev–Trinajstić information content (AvgIpc) is 2.42. The SMILES string of the molecule is Cc1cccc2[nH]c(=O)n(C3CCC3)c12. The normalized spacial score (nSPS) is 16.9. The maximum Gasteiger partial charge on any atom is 0.326 e. The van der Waals surface area contributed by atoms with E-state index in [0.717, 1.165) is 23.9 Å². The van der Waals surface area contributed by atoms with Crippen LogP contribution in [-0.4, -0.2) is 9.55 Å². The van der Waals surface area contributed by atoms with Crippen LogP contribution < -0.4 is 5.69 Å². The van der Waals surface area contributed by atoms with Crippen LogP contribution in [0.15, 0.2) is 23.0 Å². The molecule has 0 unspecified atom stereocenters. The van der Waals surface area contributed by atoms with Crippen molar-refractivity contribution in [3.05, 3.63) is 34.2 Å². The molecule has 0 radical (unpaired) electrons. The molecule has 78 valence electrons. The summed E-state index contributed by atoms with van der Waals surface area (Å²) in [6.07, 6.45) is 3.53. The number of aromatic nitrogens is 2. The minimum Gasteiger partial charge on any atom is -0.306 e. The first kappa shape index (κ1) is 8.77. The van der Waals surface area contributed by atoms with E-state index in [1.807, 2.05) is 16.7 Å². The molecule has 0 amide bonds. The summed E-state index contributed by atoms with van der Waals surface area (Å²) in [6.45, 7) is 2.06. The van der Waals surface area contributed by atoms with Crippen LogP contribution in [0, 0.1) is 6.92 Å². The Hall–Kier alpha value is -1.51. The van der Waals surface area contributed by atoms with Crippen LogP contribution in [0.1, 0.15) is 30.9 Å². The van der Waals surface area contributed by atoms with Gasteiger partial charge in [-0.1, -0.05) is 12.1 Å². The van der Waals surface area contributed by atoms with Crippen molar-refractivity contribution in [3.8, 4) is 0 Å². The molecule has 1 N–H and O–H groups in total. The average molecular weight is 202 g/mol. The summed E-state index contributed by atoms with van der Waals surface area (Å²) >= 11 is 0. The van der Waals surface area contributed by atoms with E-state index in [1.54, 1.807) is 0 Å². The van der Waals surface area contributed by atoms with Crippen LogP contribution in [0.5, 0.6) is 0 Å². The lowest BCUT2D eigenvalue weighted by molar-refractivity contribution is 0.314. The quantitative estimate of drug-likeness (QED) is 0.757. The second kappa shape index (κ2) is 2.99. The summed E-state index contributed by atoms with van der Waals surface area (Å²) in [4.78, 5) is 14.8. The number of imidazole rings is 1. The van der Waals surface area contributed by atoms with E-state index in [1.165, 1.54) is 12.0 Å². The highest BCUT2D eigenvalue weighted by molar-refractivity contribution is 5.78. The number of rotatable bonds is 1. The molecule has 15 heavy (non-hydrogen) atoms. The van der Waals surface area contributed by atoms with Gasteiger partial charge >= 0.3 is 5.69 Å². The topological polar surface area (TPSA) is 37.8 Å². The summed E-state index contributed by atoms with van der Waals surface area (Å²) in [5.74, 6) is 0. The largest absolute Gasteiger partial charge is 0.326 e. The zero-order valence-electron chi connectivity index (χ0n) is 8.79. The molecule has 0 bridgehead atoms. The molecule has 1 heterocycles. The van der Waals surface area contributed by atoms with Crippen molar-refractivity contribution in [1.82, 2.24) is 9.55 Å². The first-order valence-corrected chi connectivity index (χ1v) is 5.47. The van der Waals surface area contributed by atoms with Crippen LogP contribution in [0.25, 0.3) is 11.0 Å². The van der Waals surface area contributed by atoms with Crippen molar-refractivity contribution in [2.24, 2.45) is 0 Å². The van der Waals surface area contributed by atoms with Gasteiger partial charge in [-0.3, -0.25) is 4.57 Å². The number of nitrogens with zero attached hydrogens (tertiary/aromatic N) is 1. The van der Waals surface area contributed by atoms with Gasteiger partial charge in [-0.15, -0.1) is 0 Å². The van der Waals surface area contributed by atoms with Gasteiger partial charge in [0.05, 0.1) is 11.0 Å². The third kappa shape index (κ3) is 1.16. The van der Waals surface area contributed by atoms with Crippen molar-refractivity contribution < 1.29 is 0 Å². The predicted molar refractivity (Wildman–Crippen MR) is 60.2 cm³/mol. The maximum atomic E-state index is 11.8. The van der Waals surface area contributed by atoms with Gasteiger partial charge in [0.1, 0.15) is 0 Å². The number of nitrogens with one attached hydrogen (secondary N) is 1. The van der Waals surface area contributed by atoms with E-state index >= 15 is 0 Å². The molecule has 2 aromatic rings. The highest BCUT2D eigenvalue weighted by Gasteiger charge is 2.23. The third-order valence-electron chi connectivity index (χ3n) is 3.38. The van der Waals surface area contributed by atoms with Crippen molar-refractivity contribution in [3.63, 3.8) is 0 Å². The molecular weight excluding hydrogens is 188 g/mol. The van der Waals surface area contributed by atoms with Crippen molar-refractivity contribution in [2.75, 3.05) is 0 Å². The van der Waals surface area contributed by atoms with E-state index in [2.05, 4.69) is 18.0 Å². The molecule has 3 heteroatoms. The molecule has 3 nitrogen and oxygen atoms in total. The summed E-state index contributed by atoms with van der Waals surface area (Å²) in [5.41, 5.74) is 3.28. The van der Waals surface area contributed by atoms with Gasteiger partial charge in [0.15, 0.2) is 0 Å². The second-order valence-electron chi connectivity index (χ2n) is 4.36. The number of aryl methyl sites for hydroxylation is 1. The third-order valence-corrected chi connectivity index (χ3v) is 3.38. The minimum absolute atomic E-state index is 0.0454. The molecule has 1 aliphatic rings. The summed E-state index contributed by atoms with van der Waals surface area (Å²) in [5, 5.41) is 0. The minimum atomic E-state index is 0.0454. The number of benzene rings is 1. The molecule has 3 rings (SSSR count). The summed E-state index contributed by atoms with van der Waals surface area (Å²) in [7, 11) is 0. The Morgan fingerprint density at radius 2 is 2.20 bits per heavy atom. The van der Waals surface area contributed by atoms with Gasteiger partial charge < -0.3 is 4.98 Å². The molecule has 0 atom stereocenters. The number of hydrogen-bond donors (Lipinski definition) is 1. The van der Waals surface area contributed by atoms with E-state index in [9.17, 15) is 4.79 Å². The van der Waals surface area contributed by atoms with Gasteiger partial charge in [0.2, 0.25) is 0 Å². The van der Waals surface area contributed by atoms with Gasteiger partial charge in [-0.25, -0.2) is 4.79 Å². The fourth-order valence-corrected chi connectivity index (χ4v) is 2.35. The predicted octanol–water partition coefficient (Wildman–Crippen LogP) is 2.36. The van der Waals surface area contributed by atoms with Crippen molar-refractivity contribution in [1.29, 1.82) is 0 Å². The van der Waals surface area contributed by atoms with Gasteiger partial charge in [-0.2, -0.15) is 0 Å². The maximum absolute atomic E-state index is 11.8. The fourth-order valence-electron chi connectivity index (χ4n) is 2.35. The Labute approximate surface area is 87.7 Å². The number of para-hydroxylation sites is 1. The lowest BCUT2D eigenvalue weighted by Crippen LogP contribution is -2.26. The van der Waals surface area contributed by atoms with E-state index in [4.69, 9.17) is 0 Å². The van der Waals surface area contributed by atoms with E-state index in [-0.39, 0.29) is 5.69 Å². The molecule has 0 saturated heterocycles. The Morgan fingerprint density at radius 1 is 1.40 bits per heavy atom. The van der Waals surface area contributed by atoms with E-state index in [0.29, 0.717) is 6.04 Å².